The minimum Gasteiger partial charge on any atom is -0.291 e. The molecule has 5 rings (SSSR count). The largest absolute Gasteiger partial charge is 0.291 e. The molecule has 9 heteroatoms. The summed E-state index contributed by atoms with van der Waals surface area (Å²) >= 11 is 19.7. The second-order valence-corrected chi connectivity index (χ2v) is 10.2. The van der Waals surface area contributed by atoms with Gasteiger partial charge in [-0.1, -0.05) is 46.9 Å². The monoisotopic (exact) mass is 497 g/mol. The number of halogens is 3. The van der Waals surface area contributed by atoms with E-state index in [-0.39, 0.29) is 27.8 Å². The van der Waals surface area contributed by atoms with Crippen molar-refractivity contribution in [3.63, 3.8) is 0 Å². The molecule has 0 radical (unpaired) electrons. The van der Waals surface area contributed by atoms with Gasteiger partial charge in [-0.05, 0) is 67.7 Å². The van der Waals surface area contributed by atoms with E-state index >= 15 is 0 Å². The van der Waals surface area contributed by atoms with E-state index in [1.807, 2.05) is 24.3 Å². The highest BCUT2D eigenvalue weighted by molar-refractivity contribution is 7.99. The topological polar surface area (TPSA) is 61.4 Å². The van der Waals surface area contributed by atoms with Crippen LogP contribution in [0.3, 0.4) is 0 Å². The van der Waals surface area contributed by atoms with E-state index in [2.05, 4.69) is 15.8 Å². The molecule has 0 saturated carbocycles. The Bertz CT molecular complexity index is 965. The number of piperidine rings is 3. The Kier molecular flexibility index (Phi) is 7.34. The SMILES string of the molecule is O=C(NNC(=O)[C@H]1C2CCN(CC2)[C@H]1SCc1ccc(Cl)cc1)c1ccc(Cl)cc1Cl. The minimum atomic E-state index is -0.471. The van der Waals surface area contributed by atoms with E-state index in [4.69, 9.17) is 34.8 Å². The number of thioether (sulfide) groups is 1. The molecular formula is C22H22Cl3N3O2S. The minimum absolute atomic E-state index is 0.0687. The maximum Gasteiger partial charge on any atom is 0.271 e. The molecule has 2 N–H and O–H groups in total. The second-order valence-electron chi connectivity index (χ2n) is 7.79. The fraction of sp³-hybridized carbons (Fsp3) is 0.364. The van der Waals surface area contributed by atoms with Crippen molar-refractivity contribution in [3.05, 3.63) is 68.7 Å². The number of hydrazine groups is 1. The van der Waals surface area contributed by atoms with E-state index in [1.54, 1.807) is 17.8 Å². The van der Waals surface area contributed by atoms with Crippen molar-refractivity contribution in [1.29, 1.82) is 0 Å². The molecule has 3 fully saturated rings. The van der Waals surface area contributed by atoms with Gasteiger partial charge >= 0.3 is 0 Å². The molecule has 0 unspecified atom stereocenters. The van der Waals surface area contributed by atoms with Crippen molar-refractivity contribution in [2.45, 2.75) is 24.0 Å². The molecule has 2 amide bonds. The predicted molar refractivity (Wildman–Crippen MR) is 126 cm³/mol. The molecule has 2 bridgehead atoms. The van der Waals surface area contributed by atoms with Crippen LogP contribution in [0.4, 0.5) is 0 Å². The number of nitrogens with zero attached hydrogens (tertiary/aromatic N) is 1. The van der Waals surface area contributed by atoms with Crippen LogP contribution in [0.2, 0.25) is 15.1 Å². The second kappa shape index (κ2) is 10.0. The Morgan fingerprint density at radius 1 is 0.968 bits per heavy atom. The van der Waals surface area contributed by atoms with Gasteiger partial charge in [-0.3, -0.25) is 25.3 Å². The zero-order valence-electron chi connectivity index (χ0n) is 16.6. The molecule has 0 aromatic heterocycles. The summed E-state index contributed by atoms with van der Waals surface area (Å²) in [6.07, 6.45) is 1.99. The van der Waals surface area contributed by atoms with Gasteiger partial charge in [-0.25, -0.2) is 0 Å². The lowest BCUT2D eigenvalue weighted by atomic mass is 9.78. The Morgan fingerprint density at radius 2 is 1.65 bits per heavy atom. The molecule has 164 valence electrons. The van der Waals surface area contributed by atoms with Crippen molar-refractivity contribution >= 4 is 58.4 Å². The van der Waals surface area contributed by atoms with E-state index in [0.29, 0.717) is 16.0 Å². The summed E-state index contributed by atoms with van der Waals surface area (Å²) in [7, 11) is 0. The number of rotatable bonds is 5. The van der Waals surface area contributed by atoms with E-state index in [9.17, 15) is 9.59 Å². The molecular weight excluding hydrogens is 477 g/mol. The molecule has 3 aliphatic heterocycles. The lowest BCUT2D eigenvalue weighted by Crippen LogP contribution is -2.59. The number of carbonyl (C=O) groups excluding carboxylic acids is 2. The summed E-state index contributed by atoms with van der Waals surface area (Å²) in [6, 6.07) is 12.4. The normalized spacial score (nSPS) is 24.6. The zero-order chi connectivity index (χ0) is 22.0. The summed E-state index contributed by atoms with van der Waals surface area (Å²) in [5.74, 6) is 0.273. The van der Waals surface area contributed by atoms with Gasteiger partial charge in [0, 0.05) is 15.8 Å². The summed E-state index contributed by atoms with van der Waals surface area (Å²) in [6.45, 7) is 2.00. The standard InChI is InChI=1S/C22H22Cl3N3O2S/c23-15-3-1-13(2-4-15)12-31-22-19(14-7-9-28(22)10-8-14)21(30)27-26-20(29)17-6-5-16(24)11-18(17)25/h1-6,11,14,19,22H,7-10,12H2,(H,26,29)(H,27,30)/t19-,22+/m1/s1. The van der Waals surface area contributed by atoms with Gasteiger partial charge in [-0.15, -0.1) is 11.8 Å². The smallest absolute Gasteiger partial charge is 0.271 e. The fourth-order valence-corrected chi connectivity index (χ4v) is 6.40. The Hall–Kier alpha value is -1.44. The number of nitrogens with one attached hydrogen (secondary N) is 2. The summed E-state index contributed by atoms with van der Waals surface area (Å²) in [4.78, 5) is 27.9. The van der Waals surface area contributed by atoms with Crippen molar-refractivity contribution in [3.8, 4) is 0 Å². The van der Waals surface area contributed by atoms with Crippen LogP contribution in [0, 0.1) is 11.8 Å². The van der Waals surface area contributed by atoms with Crippen LogP contribution in [-0.4, -0.2) is 35.2 Å². The van der Waals surface area contributed by atoms with Crippen molar-refractivity contribution in [1.82, 2.24) is 15.8 Å². The first-order valence-corrected chi connectivity index (χ1v) is 12.3. The molecule has 2 atom stereocenters. The highest BCUT2D eigenvalue weighted by Gasteiger charge is 2.46. The molecule has 0 spiro atoms. The maximum atomic E-state index is 13.1. The summed E-state index contributed by atoms with van der Waals surface area (Å²) < 4.78 is 0. The first-order chi connectivity index (χ1) is 14.9. The van der Waals surface area contributed by atoms with Gasteiger partial charge in [0.05, 0.1) is 21.9 Å². The number of hydrogen-bond donors (Lipinski definition) is 2. The molecule has 2 aromatic carbocycles. The number of carbonyl (C=O) groups is 2. The molecule has 3 heterocycles. The highest BCUT2D eigenvalue weighted by atomic mass is 35.5. The number of hydrogen-bond acceptors (Lipinski definition) is 4. The zero-order valence-corrected chi connectivity index (χ0v) is 19.7. The van der Waals surface area contributed by atoms with Gasteiger partial charge in [0.25, 0.3) is 5.91 Å². The van der Waals surface area contributed by atoms with Crippen LogP contribution >= 0.6 is 46.6 Å². The van der Waals surface area contributed by atoms with E-state index < -0.39 is 5.91 Å². The lowest BCUT2D eigenvalue weighted by molar-refractivity contribution is -0.133. The molecule has 3 aliphatic rings. The van der Waals surface area contributed by atoms with Gasteiger partial charge in [0.2, 0.25) is 5.91 Å². The quantitative estimate of drug-likeness (QED) is 0.569. The highest BCUT2D eigenvalue weighted by Crippen LogP contribution is 2.42. The Morgan fingerprint density at radius 3 is 2.32 bits per heavy atom. The van der Waals surface area contributed by atoms with Crippen LogP contribution in [0.15, 0.2) is 42.5 Å². The van der Waals surface area contributed by atoms with Crippen molar-refractivity contribution in [2.75, 3.05) is 13.1 Å². The van der Waals surface area contributed by atoms with Crippen LogP contribution in [0.25, 0.3) is 0 Å². The average Bonchev–Trinajstić information content (AvgIpc) is 2.77. The van der Waals surface area contributed by atoms with Gasteiger partial charge < -0.3 is 0 Å². The predicted octanol–water partition coefficient (Wildman–Crippen LogP) is 5.01. The Balaban J connectivity index is 1.40. The molecule has 0 aliphatic carbocycles. The summed E-state index contributed by atoms with van der Waals surface area (Å²) in [5.41, 5.74) is 6.56. The number of benzene rings is 2. The van der Waals surface area contributed by atoms with Gasteiger partial charge in [0.1, 0.15) is 0 Å². The van der Waals surface area contributed by atoms with Gasteiger partial charge in [-0.2, -0.15) is 0 Å². The third-order valence-electron chi connectivity index (χ3n) is 5.86. The summed E-state index contributed by atoms with van der Waals surface area (Å²) in [5, 5.41) is 1.46. The maximum absolute atomic E-state index is 13.1. The van der Waals surface area contributed by atoms with Crippen LogP contribution in [0.1, 0.15) is 28.8 Å². The third kappa shape index (κ3) is 5.32. The average molecular weight is 499 g/mol. The molecule has 5 nitrogen and oxygen atoms in total. The number of fused-ring (bicyclic) bond motifs is 3. The molecule has 3 saturated heterocycles. The first-order valence-electron chi connectivity index (χ1n) is 10.1. The lowest BCUT2D eigenvalue weighted by Gasteiger charge is -2.49. The third-order valence-corrected chi connectivity index (χ3v) is 8.09. The first kappa shape index (κ1) is 22.7. The van der Waals surface area contributed by atoms with E-state index in [0.717, 1.165) is 31.7 Å². The molecule has 2 aromatic rings. The Labute approximate surface area is 200 Å². The van der Waals surface area contributed by atoms with Gasteiger partial charge in [0.15, 0.2) is 0 Å². The molecule has 31 heavy (non-hydrogen) atoms. The van der Waals surface area contributed by atoms with Crippen molar-refractivity contribution < 1.29 is 9.59 Å². The fourth-order valence-electron chi connectivity index (χ4n) is 4.25. The van der Waals surface area contributed by atoms with Crippen LogP contribution in [0.5, 0.6) is 0 Å². The number of amides is 2. The van der Waals surface area contributed by atoms with Crippen LogP contribution in [-0.2, 0) is 10.5 Å². The van der Waals surface area contributed by atoms with Crippen molar-refractivity contribution in [2.24, 2.45) is 11.8 Å². The van der Waals surface area contributed by atoms with Crippen LogP contribution < -0.4 is 10.9 Å². The van der Waals surface area contributed by atoms with E-state index in [1.165, 1.54) is 17.7 Å².